The number of aromatic nitrogens is 2. The van der Waals surface area contributed by atoms with Gasteiger partial charge in [0.2, 0.25) is 11.9 Å². The monoisotopic (exact) mass is 404 g/mol. The predicted octanol–water partition coefficient (Wildman–Crippen LogP) is 3.86. The predicted molar refractivity (Wildman–Crippen MR) is 116 cm³/mol. The van der Waals surface area contributed by atoms with Crippen molar-refractivity contribution >= 4 is 11.9 Å². The molecule has 1 atom stereocenters. The van der Waals surface area contributed by atoms with Gasteiger partial charge in [-0.3, -0.25) is 4.79 Å². The summed E-state index contributed by atoms with van der Waals surface area (Å²) in [6.45, 7) is 2.10. The van der Waals surface area contributed by atoms with Gasteiger partial charge in [-0.2, -0.15) is 0 Å². The van der Waals surface area contributed by atoms with Crippen molar-refractivity contribution in [1.82, 2.24) is 15.3 Å². The molecule has 1 saturated heterocycles. The molecule has 5 nitrogen and oxygen atoms in total. The molecule has 6 heteroatoms. The fourth-order valence-corrected chi connectivity index (χ4v) is 3.77. The minimum atomic E-state index is -0.266. The van der Waals surface area contributed by atoms with Crippen LogP contribution in [0, 0.1) is 11.7 Å². The smallest absolute Gasteiger partial charge is 0.225 e. The van der Waals surface area contributed by atoms with E-state index in [4.69, 9.17) is 0 Å². The molecule has 154 valence electrons. The summed E-state index contributed by atoms with van der Waals surface area (Å²) in [6, 6.07) is 16.4. The third kappa shape index (κ3) is 5.00. The first-order valence-electron chi connectivity index (χ1n) is 10.3. The molecule has 30 heavy (non-hydrogen) atoms. The summed E-state index contributed by atoms with van der Waals surface area (Å²) in [6.07, 6.45) is 6.14. The second kappa shape index (κ2) is 9.48. The van der Waals surface area contributed by atoms with Gasteiger partial charge in [0.15, 0.2) is 0 Å². The summed E-state index contributed by atoms with van der Waals surface area (Å²) >= 11 is 0. The van der Waals surface area contributed by atoms with E-state index in [-0.39, 0.29) is 17.6 Å². The number of piperidine rings is 1. The number of hydrogen-bond acceptors (Lipinski definition) is 4. The lowest BCUT2D eigenvalue weighted by molar-refractivity contribution is -0.125. The number of nitrogens with zero attached hydrogens (tertiary/aromatic N) is 3. The SMILES string of the molecule is O=C(NCCc1ccccc1)[C@@H]1CCCN(c2ncc(-c3ccc(F)cc3)cn2)C1. The van der Waals surface area contributed by atoms with Gasteiger partial charge in [-0.1, -0.05) is 42.5 Å². The standard InChI is InChI=1S/C24H25FN4O/c25-22-10-8-19(9-11-22)21-15-27-24(28-16-21)29-14-4-7-20(17-29)23(30)26-13-12-18-5-2-1-3-6-18/h1-3,5-6,8-11,15-16,20H,4,7,12-14,17H2,(H,26,30)/t20-/m1/s1. The molecule has 1 aromatic heterocycles. The Morgan fingerprint density at radius 1 is 1.03 bits per heavy atom. The minimum Gasteiger partial charge on any atom is -0.355 e. The van der Waals surface area contributed by atoms with Crippen molar-refractivity contribution in [1.29, 1.82) is 0 Å². The van der Waals surface area contributed by atoms with E-state index in [0.717, 1.165) is 36.9 Å². The third-order valence-corrected chi connectivity index (χ3v) is 5.45. The zero-order chi connectivity index (χ0) is 20.8. The molecule has 1 N–H and O–H groups in total. The Morgan fingerprint density at radius 2 is 1.77 bits per heavy atom. The van der Waals surface area contributed by atoms with Crippen LogP contribution in [-0.2, 0) is 11.2 Å². The van der Waals surface area contributed by atoms with Gasteiger partial charge in [0.05, 0.1) is 5.92 Å². The summed E-state index contributed by atoms with van der Waals surface area (Å²) in [5.74, 6) is 0.397. The van der Waals surface area contributed by atoms with Crippen LogP contribution in [0.15, 0.2) is 67.0 Å². The van der Waals surface area contributed by atoms with E-state index in [9.17, 15) is 9.18 Å². The Bertz CT molecular complexity index is 961. The number of rotatable bonds is 6. The van der Waals surface area contributed by atoms with Crippen LogP contribution >= 0.6 is 0 Å². The molecule has 0 saturated carbocycles. The van der Waals surface area contributed by atoms with Crippen molar-refractivity contribution in [3.63, 3.8) is 0 Å². The van der Waals surface area contributed by atoms with Gasteiger partial charge in [0.1, 0.15) is 5.82 Å². The average Bonchev–Trinajstić information content (AvgIpc) is 2.80. The zero-order valence-corrected chi connectivity index (χ0v) is 16.8. The molecule has 2 aromatic carbocycles. The first kappa shape index (κ1) is 20.0. The molecule has 0 spiro atoms. The molecule has 0 bridgehead atoms. The van der Waals surface area contributed by atoms with Gasteiger partial charge < -0.3 is 10.2 Å². The van der Waals surface area contributed by atoms with Crippen molar-refractivity contribution in [2.75, 3.05) is 24.5 Å². The van der Waals surface area contributed by atoms with Crippen LogP contribution < -0.4 is 10.2 Å². The number of carbonyl (C=O) groups is 1. The Morgan fingerprint density at radius 3 is 2.50 bits per heavy atom. The highest BCUT2D eigenvalue weighted by Crippen LogP contribution is 2.23. The summed E-state index contributed by atoms with van der Waals surface area (Å²) in [5.41, 5.74) is 2.93. The van der Waals surface area contributed by atoms with E-state index >= 15 is 0 Å². The van der Waals surface area contributed by atoms with E-state index in [1.54, 1.807) is 24.5 Å². The van der Waals surface area contributed by atoms with Crippen LogP contribution in [0.25, 0.3) is 11.1 Å². The van der Waals surface area contributed by atoms with Crippen LogP contribution in [0.2, 0.25) is 0 Å². The fourth-order valence-electron chi connectivity index (χ4n) is 3.77. The molecule has 4 rings (SSSR count). The molecule has 1 aliphatic rings. The second-order valence-corrected chi connectivity index (χ2v) is 7.59. The molecule has 0 aliphatic carbocycles. The zero-order valence-electron chi connectivity index (χ0n) is 16.8. The Balaban J connectivity index is 1.33. The Kier molecular flexibility index (Phi) is 6.32. The molecule has 3 aromatic rings. The van der Waals surface area contributed by atoms with Gasteiger partial charge in [-0.25, -0.2) is 14.4 Å². The molecule has 0 unspecified atom stereocenters. The number of nitrogens with one attached hydrogen (secondary N) is 1. The highest BCUT2D eigenvalue weighted by atomic mass is 19.1. The van der Waals surface area contributed by atoms with Gasteiger partial charge in [-0.15, -0.1) is 0 Å². The average molecular weight is 404 g/mol. The van der Waals surface area contributed by atoms with Crippen LogP contribution in [0.5, 0.6) is 0 Å². The van der Waals surface area contributed by atoms with Crippen LogP contribution in [0.4, 0.5) is 10.3 Å². The first-order chi connectivity index (χ1) is 14.7. The Hall–Kier alpha value is -3.28. The van der Waals surface area contributed by atoms with E-state index in [1.165, 1.54) is 17.7 Å². The lowest BCUT2D eigenvalue weighted by atomic mass is 9.97. The fraction of sp³-hybridized carbons (Fsp3) is 0.292. The van der Waals surface area contributed by atoms with Crippen molar-refractivity contribution in [3.8, 4) is 11.1 Å². The van der Waals surface area contributed by atoms with E-state index in [0.29, 0.717) is 19.0 Å². The van der Waals surface area contributed by atoms with E-state index in [2.05, 4.69) is 32.3 Å². The number of hydrogen-bond donors (Lipinski definition) is 1. The van der Waals surface area contributed by atoms with Crippen molar-refractivity contribution < 1.29 is 9.18 Å². The summed E-state index contributed by atoms with van der Waals surface area (Å²) in [7, 11) is 0. The maximum Gasteiger partial charge on any atom is 0.225 e. The maximum absolute atomic E-state index is 13.1. The number of halogens is 1. The van der Waals surface area contributed by atoms with E-state index in [1.807, 2.05) is 18.2 Å². The molecule has 1 fully saturated rings. The molecule has 1 amide bonds. The summed E-state index contributed by atoms with van der Waals surface area (Å²) < 4.78 is 13.1. The molecule has 2 heterocycles. The molecular weight excluding hydrogens is 379 g/mol. The lowest BCUT2D eigenvalue weighted by Gasteiger charge is -2.32. The quantitative estimate of drug-likeness (QED) is 0.678. The largest absolute Gasteiger partial charge is 0.355 e. The van der Waals surface area contributed by atoms with Crippen LogP contribution in [0.1, 0.15) is 18.4 Å². The molecular formula is C24H25FN4O. The van der Waals surface area contributed by atoms with Gasteiger partial charge >= 0.3 is 0 Å². The highest BCUT2D eigenvalue weighted by molar-refractivity contribution is 5.79. The second-order valence-electron chi connectivity index (χ2n) is 7.59. The minimum absolute atomic E-state index is 0.0603. The first-order valence-corrected chi connectivity index (χ1v) is 10.3. The van der Waals surface area contributed by atoms with E-state index < -0.39 is 0 Å². The number of amides is 1. The topological polar surface area (TPSA) is 58.1 Å². The molecule has 0 radical (unpaired) electrons. The van der Waals surface area contributed by atoms with Crippen molar-refractivity contribution in [2.24, 2.45) is 5.92 Å². The maximum atomic E-state index is 13.1. The van der Waals surface area contributed by atoms with Crippen LogP contribution in [-0.4, -0.2) is 35.5 Å². The lowest BCUT2D eigenvalue weighted by Crippen LogP contribution is -2.44. The van der Waals surface area contributed by atoms with Crippen LogP contribution in [0.3, 0.4) is 0 Å². The van der Waals surface area contributed by atoms with Gasteiger partial charge in [0.25, 0.3) is 0 Å². The highest BCUT2D eigenvalue weighted by Gasteiger charge is 2.26. The molecule has 1 aliphatic heterocycles. The third-order valence-electron chi connectivity index (χ3n) is 5.45. The Labute approximate surface area is 176 Å². The number of anilines is 1. The number of benzene rings is 2. The summed E-state index contributed by atoms with van der Waals surface area (Å²) in [4.78, 5) is 23.7. The normalized spacial score (nSPS) is 16.3. The van der Waals surface area contributed by atoms with Crippen molar-refractivity contribution in [2.45, 2.75) is 19.3 Å². The summed E-state index contributed by atoms with van der Waals surface area (Å²) in [5, 5.41) is 3.07. The van der Waals surface area contributed by atoms with Crippen molar-refractivity contribution in [3.05, 3.63) is 78.4 Å². The number of carbonyl (C=O) groups excluding carboxylic acids is 1. The van der Waals surface area contributed by atoms with Gasteiger partial charge in [0, 0.05) is 37.6 Å². The van der Waals surface area contributed by atoms with Gasteiger partial charge in [-0.05, 0) is 42.5 Å².